The molecule has 0 radical (unpaired) electrons. The number of Topliss-reactive ketones (excluding diaryl/α,β-unsaturated/α-hetero) is 2. The molecule has 5 heteroatoms. The maximum Gasteiger partial charge on any atom is 0.338 e. The third-order valence-electron chi connectivity index (χ3n) is 10.2. The van der Waals surface area contributed by atoms with Gasteiger partial charge in [0.25, 0.3) is 0 Å². The number of aliphatic hydroxyl groups excluding tert-OH is 1. The van der Waals surface area contributed by atoms with Gasteiger partial charge >= 0.3 is 5.97 Å². The van der Waals surface area contributed by atoms with Crippen LogP contribution in [0.15, 0.2) is 30.3 Å². The summed E-state index contributed by atoms with van der Waals surface area (Å²) in [5.74, 6) is 0.612. The van der Waals surface area contributed by atoms with Gasteiger partial charge in [-0.2, -0.15) is 0 Å². The first-order chi connectivity index (χ1) is 15.6. The molecule has 4 aliphatic carbocycles. The second kappa shape index (κ2) is 8.04. The van der Waals surface area contributed by atoms with Crippen LogP contribution in [0.2, 0.25) is 0 Å². The molecule has 33 heavy (non-hydrogen) atoms. The second-order valence-electron chi connectivity index (χ2n) is 11.7. The predicted octanol–water partition coefficient (Wildman–Crippen LogP) is 4.61. The minimum absolute atomic E-state index is 0.0121. The van der Waals surface area contributed by atoms with Crippen LogP contribution < -0.4 is 0 Å². The molecule has 0 spiro atoms. The number of carbonyl (C=O) groups is 3. The summed E-state index contributed by atoms with van der Waals surface area (Å²) in [6, 6.07) is 9.04. The average Bonchev–Trinajstić information content (AvgIpc) is 3.12. The molecule has 0 bridgehead atoms. The number of hydrogen-bond acceptors (Lipinski definition) is 5. The number of ether oxygens (including phenoxy) is 1. The number of benzene rings is 1. The average molecular weight is 453 g/mol. The van der Waals surface area contributed by atoms with Crippen molar-refractivity contribution in [1.82, 2.24) is 0 Å². The highest BCUT2D eigenvalue weighted by Crippen LogP contribution is 2.67. The fraction of sp³-hybridized carbons (Fsp3) is 0.679. The van der Waals surface area contributed by atoms with Crippen molar-refractivity contribution in [2.45, 2.75) is 77.9 Å². The Hall–Kier alpha value is -2.01. The summed E-state index contributed by atoms with van der Waals surface area (Å²) in [6.07, 6.45) is 3.99. The Kier molecular flexibility index (Phi) is 5.55. The van der Waals surface area contributed by atoms with Crippen LogP contribution in [0, 0.1) is 40.4 Å². The Morgan fingerprint density at radius 2 is 1.79 bits per heavy atom. The molecular formula is C28H36O5. The van der Waals surface area contributed by atoms with E-state index in [0.717, 1.165) is 19.3 Å². The summed E-state index contributed by atoms with van der Waals surface area (Å²) < 4.78 is 6.16. The molecule has 0 heterocycles. The zero-order valence-corrected chi connectivity index (χ0v) is 20.0. The highest BCUT2D eigenvalue weighted by atomic mass is 16.5. The normalized spacial score (nSPS) is 44.4. The lowest BCUT2D eigenvalue weighted by Crippen LogP contribution is -2.62. The third-order valence-corrected chi connectivity index (χ3v) is 10.2. The van der Waals surface area contributed by atoms with E-state index in [1.807, 2.05) is 18.2 Å². The molecule has 9 atom stereocenters. The molecule has 0 amide bonds. The predicted molar refractivity (Wildman–Crippen MR) is 123 cm³/mol. The van der Waals surface area contributed by atoms with E-state index in [4.69, 9.17) is 4.74 Å². The van der Waals surface area contributed by atoms with E-state index in [1.165, 1.54) is 0 Å². The highest BCUT2D eigenvalue weighted by Gasteiger charge is 2.65. The molecule has 0 aromatic heterocycles. The van der Waals surface area contributed by atoms with Crippen molar-refractivity contribution in [1.29, 1.82) is 0 Å². The van der Waals surface area contributed by atoms with Crippen molar-refractivity contribution in [2.75, 3.05) is 0 Å². The van der Waals surface area contributed by atoms with Gasteiger partial charge in [0.2, 0.25) is 0 Å². The standard InChI is InChI=1S/C28H36O5/c1-16(29)20-9-10-21-19-14-24(33-26(32)17-7-5-4-6-8-17)22-13-18(30)11-12-27(22,2)25(19)23(31)15-28(20,21)3/h4-8,19-25,31H,9-15H2,1-3H3/t19-,20+,21-,22-,23+,24+,25+,27-,28+/m0/s1. The first kappa shape index (κ1) is 22.8. The molecule has 0 aliphatic heterocycles. The Labute approximate surface area is 196 Å². The number of aliphatic hydroxyl groups is 1. The van der Waals surface area contributed by atoms with E-state index in [1.54, 1.807) is 19.1 Å². The van der Waals surface area contributed by atoms with Crippen LogP contribution in [0.4, 0.5) is 0 Å². The van der Waals surface area contributed by atoms with Gasteiger partial charge in [-0.25, -0.2) is 4.79 Å². The monoisotopic (exact) mass is 452 g/mol. The Morgan fingerprint density at radius 1 is 1.06 bits per heavy atom. The first-order valence-corrected chi connectivity index (χ1v) is 12.6. The summed E-state index contributed by atoms with van der Waals surface area (Å²) in [7, 11) is 0. The number of esters is 1. The van der Waals surface area contributed by atoms with Gasteiger partial charge in [0, 0.05) is 24.7 Å². The highest BCUT2D eigenvalue weighted by molar-refractivity contribution is 5.89. The number of hydrogen-bond donors (Lipinski definition) is 1. The van der Waals surface area contributed by atoms with Crippen molar-refractivity contribution >= 4 is 17.5 Å². The lowest BCUT2D eigenvalue weighted by molar-refractivity contribution is -0.199. The van der Waals surface area contributed by atoms with Crippen molar-refractivity contribution in [2.24, 2.45) is 40.4 Å². The van der Waals surface area contributed by atoms with Gasteiger partial charge in [0.1, 0.15) is 17.7 Å². The summed E-state index contributed by atoms with van der Waals surface area (Å²) >= 11 is 0. The Balaban J connectivity index is 1.51. The molecule has 1 N–H and O–H groups in total. The lowest BCUT2D eigenvalue weighted by atomic mass is 9.43. The van der Waals surface area contributed by atoms with Gasteiger partial charge in [0.15, 0.2) is 0 Å². The van der Waals surface area contributed by atoms with Gasteiger partial charge in [-0.15, -0.1) is 0 Å². The van der Waals surface area contributed by atoms with Crippen LogP contribution in [-0.4, -0.2) is 34.9 Å². The van der Waals surface area contributed by atoms with E-state index in [0.29, 0.717) is 37.2 Å². The van der Waals surface area contributed by atoms with E-state index in [9.17, 15) is 19.5 Å². The van der Waals surface area contributed by atoms with E-state index >= 15 is 0 Å². The SMILES string of the molecule is CC(=O)[C@H]1CC[C@H]2[C@@H]3C[C@@H](OC(=O)c4ccccc4)[C@@H]4CC(=O)CC[C@]4(C)[C@H]3[C@H](O)C[C@]12C. The van der Waals surface area contributed by atoms with E-state index in [2.05, 4.69) is 13.8 Å². The molecular weight excluding hydrogens is 416 g/mol. The quantitative estimate of drug-likeness (QED) is 0.678. The largest absolute Gasteiger partial charge is 0.458 e. The van der Waals surface area contributed by atoms with Gasteiger partial charge in [0.05, 0.1) is 11.7 Å². The minimum atomic E-state index is -0.498. The minimum Gasteiger partial charge on any atom is -0.458 e. The Bertz CT molecular complexity index is 956. The zero-order valence-electron chi connectivity index (χ0n) is 20.0. The van der Waals surface area contributed by atoms with Crippen molar-refractivity contribution in [3.63, 3.8) is 0 Å². The summed E-state index contributed by atoms with van der Waals surface area (Å²) in [5.41, 5.74) is 0.0520. The van der Waals surface area contributed by atoms with Crippen LogP contribution in [0.5, 0.6) is 0 Å². The van der Waals surface area contributed by atoms with Crippen LogP contribution in [0.25, 0.3) is 0 Å². The first-order valence-electron chi connectivity index (χ1n) is 12.6. The summed E-state index contributed by atoms with van der Waals surface area (Å²) in [6.45, 7) is 6.10. The second-order valence-corrected chi connectivity index (χ2v) is 11.7. The molecule has 4 aliphatic rings. The topological polar surface area (TPSA) is 80.7 Å². The summed E-state index contributed by atoms with van der Waals surface area (Å²) in [5, 5.41) is 11.5. The molecule has 5 rings (SSSR count). The maximum absolute atomic E-state index is 13.0. The zero-order chi connectivity index (χ0) is 23.5. The molecule has 0 saturated heterocycles. The van der Waals surface area contributed by atoms with Crippen LogP contribution in [-0.2, 0) is 14.3 Å². The number of fused-ring (bicyclic) bond motifs is 5. The van der Waals surface area contributed by atoms with Gasteiger partial charge in [-0.1, -0.05) is 32.0 Å². The number of ketones is 2. The van der Waals surface area contributed by atoms with Gasteiger partial charge in [-0.3, -0.25) is 9.59 Å². The Morgan fingerprint density at radius 3 is 2.48 bits per heavy atom. The van der Waals surface area contributed by atoms with Crippen molar-refractivity contribution in [3.8, 4) is 0 Å². The lowest BCUT2D eigenvalue weighted by Gasteiger charge is -2.63. The van der Waals surface area contributed by atoms with Gasteiger partial charge < -0.3 is 9.84 Å². The molecule has 0 unspecified atom stereocenters. The molecule has 4 saturated carbocycles. The fourth-order valence-electron chi connectivity index (χ4n) is 8.77. The summed E-state index contributed by atoms with van der Waals surface area (Å²) in [4.78, 5) is 38.0. The van der Waals surface area contributed by atoms with E-state index < -0.39 is 6.10 Å². The molecule has 5 nitrogen and oxygen atoms in total. The van der Waals surface area contributed by atoms with Crippen LogP contribution in [0.1, 0.15) is 76.1 Å². The molecule has 1 aromatic rings. The third kappa shape index (κ3) is 3.50. The van der Waals surface area contributed by atoms with Crippen molar-refractivity contribution < 1.29 is 24.2 Å². The maximum atomic E-state index is 13.0. The van der Waals surface area contributed by atoms with Crippen molar-refractivity contribution in [3.05, 3.63) is 35.9 Å². The number of rotatable bonds is 3. The molecule has 178 valence electrons. The van der Waals surface area contributed by atoms with Crippen LogP contribution >= 0.6 is 0 Å². The smallest absolute Gasteiger partial charge is 0.338 e. The van der Waals surface area contributed by atoms with E-state index in [-0.39, 0.29) is 58.1 Å². The van der Waals surface area contributed by atoms with Crippen LogP contribution in [0.3, 0.4) is 0 Å². The molecule has 4 fully saturated rings. The number of carbonyl (C=O) groups excluding carboxylic acids is 3. The van der Waals surface area contributed by atoms with Gasteiger partial charge in [-0.05, 0) is 79.7 Å². The fourth-order valence-corrected chi connectivity index (χ4v) is 8.77. The molecule has 1 aromatic carbocycles.